The van der Waals surface area contributed by atoms with E-state index in [0.29, 0.717) is 18.7 Å². The first kappa shape index (κ1) is 16.4. The van der Waals surface area contributed by atoms with E-state index in [4.69, 9.17) is 14.3 Å². The Morgan fingerprint density at radius 2 is 2.38 bits per heavy atom. The summed E-state index contributed by atoms with van der Waals surface area (Å²) in [5, 5.41) is 1.13. The molecule has 0 spiro atoms. The maximum Gasteiger partial charge on any atom is 0.271 e. The molecule has 21 heavy (non-hydrogen) atoms. The van der Waals surface area contributed by atoms with E-state index < -0.39 is 5.79 Å². The number of halogens is 1. The van der Waals surface area contributed by atoms with Crippen molar-refractivity contribution in [3.05, 3.63) is 28.0 Å². The Labute approximate surface area is 132 Å². The zero-order valence-corrected chi connectivity index (χ0v) is 14.0. The van der Waals surface area contributed by atoms with E-state index in [2.05, 4.69) is 20.9 Å². The Balaban J connectivity index is 2.19. The maximum atomic E-state index is 11.8. The molecule has 1 saturated heterocycles. The van der Waals surface area contributed by atoms with Crippen LogP contribution in [0.1, 0.15) is 24.1 Å². The largest absolute Gasteiger partial charge is 0.345 e. The van der Waals surface area contributed by atoms with Gasteiger partial charge in [0.25, 0.3) is 5.91 Å². The van der Waals surface area contributed by atoms with E-state index in [-0.39, 0.29) is 12.5 Å². The van der Waals surface area contributed by atoms with Crippen molar-refractivity contribution in [1.82, 2.24) is 10.0 Å². The summed E-state index contributed by atoms with van der Waals surface area (Å²) in [6, 6.07) is 1.96. The van der Waals surface area contributed by atoms with Crippen LogP contribution in [0.4, 0.5) is 0 Å². The van der Waals surface area contributed by atoms with E-state index >= 15 is 0 Å². The van der Waals surface area contributed by atoms with Crippen LogP contribution < -0.4 is 0 Å². The van der Waals surface area contributed by atoms with Gasteiger partial charge in [0.2, 0.25) is 5.79 Å². The van der Waals surface area contributed by atoms with E-state index in [1.54, 1.807) is 6.20 Å². The molecule has 1 aromatic heterocycles. The van der Waals surface area contributed by atoms with Gasteiger partial charge in [-0.25, -0.2) is 5.06 Å². The lowest BCUT2D eigenvalue weighted by Gasteiger charge is -2.29. The van der Waals surface area contributed by atoms with Crippen LogP contribution in [-0.4, -0.2) is 43.3 Å². The maximum absolute atomic E-state index is 11.8. The molecule has 1 amide bonds. The number of ether oxygens (including phenoxy) is 2. The van der Waals surface area contributed by atoms with Gasteiger partial charge in [-0.3, -0.25) is 14.6 Å². The zero-order chi connectivity index (χ0) is 15.5. The van der Waals surface area contributed by atoms with Crippen LogP contribution in [0.15, 0.2) is 16.7 Å². The molecule has 6 nitrogen and oxygen atoms in total. The van der Waals surface area contributed by atoms with Gasteiger partial charge in [0.05, 0.1) is 13.7 Å². The standard InChI is InChI=1S/C14H19BrN2O4/c1-10-7-11(15)13(16-8-10)14(5-4-6-20-14)21-9-12(18)17(2)19-3/h7-8H,4-6,9H2,1-3H3. The fourth-order valence-electron chi connectivity index (χ4n) is 2.17. The third-order valence-corrected chi connectivity index (χ3v) is 3.98. The average molecular weight is 359 g/mol. The number of rotatable bonds is 5. The van der Waals surface area contributed by atoms with Crippen LogP contribution in [0.5, 0.6) is 0 Å². The monoisotopic (exact) mass is 358 g/mol. The predicted molar refractivity (Wildman–Crippen MR) is 79.3 cm³/mol. The number of hydroxylamine groups is 2. The molecule has 0 aromatic carbocycles. The molecule has 116 valence electrons. The molecule has 0 N–H and O–H groups in total. The summed E-state index contributed by atoms with van der Waals surface area (Å²) < 4.78 is 12.4. The van der Waals surface area contributed by atoms with Gasteiger partial charge in [0.1, 0.15) is 12.3 Å². The van der Waals surface area contributed by atoms with E-state index in [1.807, 2.05) is 13.0 Å². The molecule has 1 atom stereocenters. The molecule has 1 aliphatic rings. The molecular weight excluding hydrogens is 340 g/mol. The molecule has 0 bridgehead atoms. The topological polar surface area (TPSA) is 60.9 Å². The van der Waals surface area contributed by atoms with Gasteiger partial charge in [-0.1, -0.05) is 0 Å². The minimum Gasteiger partial charge on any atom is -0.345 e. The predicted octanol–water partition coefficient (Wildman–Crippen LogP) is 2.15. The number of carbonyl (C=O) groups is 1. The van der Waals surface area contributed by atoms with Crippen molar-refractivity contribution in [2.45, 2.75) is 25.6 Å². The first-order valence-corrected chi connectivity index (χ1v) is 7.49. The fourth-order valence-corrected chi connectivity index (χ4v) is 2.93. The third-order valence-electron chi connectivity index (χ3n) is 3.38. The SMILES string of the molecule is CON(C)C(=O)COC1(c2ncc(C)cc2Br)CCCO1. The van der Waals surface area contributed by atoms with Gasteiger partial charge in [0, 0.05) is 24.1 Å². The van der Waals surface area contributed by atoms with Crippen LogP contribution in [0, 0.1) is 6.92 Å². The number of pyridine rings is 1. The van der Waals surface area contributed by atoms with Crippen molar-refractivity contribution >= 4 is 21.8 Å². The highest BCUT2D eigenvalue weighted by Gasteiger charge is 2.42. The lowest BCUT2D eigenvalue weighted by molar-refractivity contribution is -0.231. The molecule has 0 aliphatic carbocycles. The summed E-state index contributed by atoms with van der Waals surface area (Å²) in [5.74, 6) is -1.26. The molecule has 1 aromatic rings. The van der Waals surface area contributed by atoms with E-state index in [9.17, 15) is 4.79 Å². The molecule has 7 heteroatoms. The number of hydrogen-bond acceptors (Lipinski definition) is 5. The van der Waals surface area contributed by atoms with Crippen molar-refractivity contribution in [1.29, 1.82) is 0 Å². The summed E-state index contributed by atoms with van der Waals surface area (Å²) >= 11 is 3.50. The minimum absolute atomic E-state index is 0.133. The first-order chi connectivity index (χ1) is 9.98. The summed E-state index contributed by atoms with van der Waals surface area (Å²) in [5.41, 5.74) is 1.70. The van der Waals surface area contributed by atoms with Crippen molar-refractivity contribution in [2.75, 3.05) is 27.4 Å². The van der Waals surface area contributed by atoms with Crippen LogP contribution in [-0.2, 0) is 24.9 Å². The number of aryl methyl sites for hydroxylation is 1. The molecular formula is C14H19BrN2O4. The van der Waals surface area contributed by atoms with Gasteiger partial charge in [-0.05, 0) is 40.9 Å². The second kappa shape index (κ2) is 6.83. The average Bonchev–Trinajstić information content (AvgIpc) is 2.93. The normalized spacial score (nSPS) is 21.5. The summed E-state index contributed by atoms with van der Waals surface area (Å²) in [4.78, 5) is 21.1. The Kier molecular flexibility index (Phi) is 5.32. The highest BCUT2D eigenvalue weighted by Crippen LogP contribution is 2.39. The molecule has 2 heterocycles. The summed E-state index contributed by atoms with van der Waals surface area (Å²) in [7, 11) is 2.96. The highest BCUT2D eigenvalue weighted by atomic mass is 79.9. The van der Waals surface area contributed by atoms with Gasteiger partial charge in [0.15, 0.2) is 0 Å². The number of carbonyl (C=O) groups excluding carboxylic acids is 1. The number of amides is 1. The van der Waals surface area contributed by atoms with Crippen LogP contribution in [0.3, 0.4) is 0 Å². The fraction of sp³-hybridized carbons (Fsp3) is 0.571. The van der Waals surface area contributed by atoms with Gasteiger partial charge < -0.3 is 9.47 Å². The summed E-state index contributed by atoms with van der Waals surface area (Å²) in [6.45, 7) is 2.41. The number of aromatic nitrogens is 1. The Hall–Kier alpha value is -1.02. The smallest absolute Gasteiger partial charge is 0.271 e. The van der Waals surface area contributed by atoms with E-state index in [0.717, 1.165) is 21.5 Å². The van der Waals surface area contributed by atoms with Gasteiger partial charge in [-0.15, -0.1) is 0 Å². The van der Waals surface area contributed by atoms with Crippen LogP contribution in [0.2, 0.25) is 0 Å². The minimum atomic E-state index is -0.975. The Bertz CT molecular complexity index is 518. The lowest BCUT2D eigenvalue weighted by Crippen LogP contribution is -2.36. The molecule has 1 fully saturated rings. The Morgan fingerprint density at radius 3 is 2.95 bits per heavy atom. The van der Waals surface area contributed by atoms with Crippen molar-refractivity contribution in [3.63, 3.8) is 0 Å². The molecule has 2 rings (SSSR count). The van der Waals surface area contributed by atoms with Crippen molar-refractivity contribution in [2.24, 2.45) is 0 Å². The molecule has 1 aliphatic heterocycles. The molecule has 0 radical (unpaired) electrons. The number of nitrogens with zero attached hydrogens (tertiary/aromatic N) is 2. The van der Waals surface area contributed by atoms with E-state index in [1.165, 1.54) is 14.2 Å². The van der Waals surface area contributed by atoms with Crippen LogP contribution in [0.25, 0.3) is 0 Å². The van der Waals surface area contributed by atoms with Gasteiger partial charge in [-0.2, -0.15) is 0 Å². The van der Waals surface area contributed by atoms with Crippen molar-refractivity contribution < 1.29 is 19.1 Å². The highest BCUT2D eigenvalue weighted by molar-refractivity contribution is 9.10. The summed E-state index contributed by atoms with van der Waals surface area (Å²) in [6.07, 6.45) is 3.28. The second-order valence-electron chi connectivity index (χ2n) is 4.91. The number of hydrogen-bond donors (Lipinski definition) is 0. The molecule has 0 saturated carbocycles. The lowest BCUT2D eigenvalue weighted by atomic mass is 10.1. The molecule has 1 unspecified atom stereocenters. The zero-order valence-electron chi connectivity index (χ0n) is 12.4. The van der Waals surface area contributed by atoms with Crippen molar-refractivity contribution in [3.8, 4) is 0 Å². The van der Waals surface area contributed by atoms with Crippen LogP contribution >= 0.6 is 15.9 Å². The Morgan fingerprint density at radius 1 is 1.62 bits per heavy atom. The number of likely N-dealkylation sites (N-methyl/N-ethyl adjacent to an activating group) is 1. The quantitative estimate of drug-likeness (QED) is 0.754. The first-order valence-electron chi connectivity index (χ1n) is 6.70. The second-order valence-corrected chi connectivity index (χ2v) is 5.76. The van der Waals surface area contributed by atoms with Gasteiger partial charge >= 0.3 is 0 Å². The third kappa shape index (κ3) is 3.60.